The van der Waals surface area contributed by atoms with E-state index in [2.05, 4.69) is 19.6 Å². The van der Waals surface area contributed by atoms with Gasteiger partial charge in [-0.25, -0.2) is 9.55 Å². The summed E-state index contributed by atoms with van der Waals surface area (Å²) in [5.74, 6) is 0.779. The summed E-state index contributed by atoms with van der Waals surface area (Å²) in [6.45, 7) is 0.584. The van der Waals surface area contributed by atoms with Gasteiger partial charge in [0.2, 0.25) is 12.6 Å². The van der Waals surface area contributed by atoms with Crippen molar-refractivity contribution >= 4 is 17.3 Å². The quantitative estimate of drug-likeness (QED) is 0.267. The number of piperidine rings is 1. The highest BCUT2D eigenvalue weighted by Crippen LogP contribution is 2.46. The average Bonchev–Trinajstić information content (AvgIpc) is 3.28. The molecule has 11 nitrogen and oxygen atoms in total. The predicted molar refractivity (Wildman–Crippen MR) is 128 cm³/mol. The Morgan fingerprint density at radius 2 is 1.97 bits per heavy atom. The van der Waals surface area contributed by atoms with Gasteiger partial charge in [-0.2, -0.15) is 0 Å². The van der Waals surface area contributed by atoms with Gasteiger partial charge in [-0.3, -0.25) is 15.5 Å². The molecule has 0 radical (unpaired) electrons. The van der Waals surface area contributed by atoms with Crippen molar-refractivity contribution in [1.82, 2.24) is 10.1 Å². The number of hydrogen-bond acceptors (Lipinski definition) is 8. The lowest BCUT2D eigenvalue weighted by Crippen LogP contribution is -2.64. The number of benzene rings is 1. The van der Waals surface area contributed by atoms with Crippen LogP contribution in [0.1, 0.15) is 41.3 Å². The van der Waals surface area contributed by atoms with Crippen LogP contribution in [0.4, 0.5) is 0 Å². The molecule has 2 aromatic heterocycles. The first-order valence-corrected chi connectivity index (χ1v) is 13.1. The summed E-state index contributed by atoms with van der Waals surface area (Å²) >= 11 is 0. The molecular weight excluding hydrogens is 494 g/mol. The molecular formula is C22H29N4O7P2+. The van der Waals surface area contributed by atoms with Crippen LogP contribution in [0.15, 0.2) is 59.3 Å². The Morgan fingerprint density at radius 3 is 2.66 bits per heavy atom. The van der Waals surface area contributed by atoms with Gasteiger partial charge in [0.1, 0.15) is 18.9 Å². The first kappa shape index (κ1) is 25.9. The van der Waals surface area contributed by atoms with E-state index in [0.29, 0.717) is 44.1 Å². The molecule has 0 saturated carbocycles. The lowest BCUT2D eigenvalue weighted by Gasteiger charge is -2.43. The van der Waals surface area contributed by atoms with Gasteiger partial charge >= 0.3 is 7.82 Å². The number of likely N-dealkylation sites (tertiary alicyclic amines) is 1. The maximum absolute atomic E-state index is 11.6. The number of hydroxylamine groups is 3. The maximum Gasteiger partial charge on any atom is 0.515 e. The molecule has 1 saturated heterocycles. The maximum atomic E-state index is 11.6. The van der Waals surface area contributed by atoms with Gasteiger partial charge < -0.3 is 13.8 Å². The Bertz CT molecular complexity index is 1140. The van der Waals surface area contributed by atoms with Crippen molar-refractivity contribution in [2.24, 2.45) is 5.73 Å². The summed E-state index contributed by atoms with van der Waals surface area (Å²) < 4.78 is 32.5. The second-order valence-corrected chi connectivity index (χ2v) is 9.93. The van der Waals surface area contributed by atoms with Gasteiger partial charge in [-0.15, -0.1) is 4.65 Å². The Kier molecular flexibility index (Phi) is 8.31. The van der Waals surface area contributed by atoms with E-state index in [1.807, 2.05) is 48.5 Å². The zero-order valence-corrected chi connectivity index (χ0v) is 21.0. The second-order valence-electron chi connectivity index (χ2n) is 8.45. The fourth-order valence-corrected chi connectivity index (χ4v) is 5.20. The Labute approximate surface area is 205 Å². The summed E-state index contributed by atoms with van der Waals surface area (Å²) in [6, 6.07) is 15.3. The number of aromatic nitrogens is 2. The SMILES string of the molecule is NC1C(c2cc(Cc3ccc(COc4ccccn4)cc3)no2)CCC[N+]1(COP)OP(=O)(O)O. The molecule has 0 spiro atoms. The van der Waals surface area contributed by atoms with Crippen molar-refractivity contribution in [2.45, 2.75) is 38.0 Å². The number of pyridine rings is 1. The molecule has 4 atom stereocenters. The molecule has 4 unspecified atom stereocenters. The van der Waals surface area contributed by atoms with E-state index in [1.54, 1.807) is 6.20 Å². The summed E-state index contributed by atoms with van der Waals surface area (Å²) in [7, 11) is -2.75. The molecule has 3 aromatic rings. The van der Waals surface area contributed by atoms with E-state index in [9.17, 15) is 14.4 Å². The number of hydrogen-bond donors (Lipinski definition) is 3. The number of phosphoric acid groups is 1. The van der Waals surface area contributed by atoms with E-state index in [4.69, 9.17) is 24.1 Å². The molecule has 3 heterocycles. The highest BCUT2D eigenvalue weighted by atomic mass is 31.2. The van der Waals surface area contributed by atoms with Crippen LogP contribution in [0.5, 0.6) is 5.88 Å². The zero-order chi connectivity index (χ0) is 24.9. The Morgan fingerprint density at radius 1 is 1.20 bits per heavy atom. The van der Waals surface area contributed by atoms with Crippen molar-refractivity contribution in [1.29, 1.82) is 0 Å². The first-order valence-electron chi connectivity index (χ1n) is 11.1. The van der Waals surface area contributed by atoms with Crippen LogP contribution in [-0.4, -0.2) is 44.0 Å². The number of ether oxygens (including phenoxy) is 1. The van der Waals surface area contributed by atoms with Crippen LogP contribution in [0.2, 0.25) is 0 Å². The minimum absolute atomic E-state index is 0.134. The third-order valence-electron chi connectivity index (χ3n) is 5.94. The topological polar surface area (TPSA) is 150 Å². The van der Waals surface area contributed by atoms with E-state index in [1.165, 1.54) is 0 Å². The monoisotopic (exact) mass is 523 g/mol. The smallest absolute Gasteiger partial charge is 0.473 e. The van der Waals surface area contributed by atoms with Crippen molar-refractivity contribution in [3.63, 3.8) is 0 Å². The Hall–Kier alpha value is -2.20. The molecule has 0 bridgehead atoms. The van der Waals surface area contributed by atoms with Gasteiger partial charge in [0.15, 0.2) is 6.17 Å². The van der Waals surface area contributed by atoms with Gasteiger partial charge in [-0.1, -0.05) is 40.1 Å². The van der Waals surface area contributed by atoms with E-state index in [0.717, 1.165) is 16.8 Å². The Balaban J connectivity index is 1.40. The molecule has 0 amide bonds. The average molecular weight is 523 g/mol. The van der Waals surface area contributed by atoms with Gasteiger partial charge in [-0.05, 0) is 23.6 Å². The molecule has 1 fully saturated rings. The van der Waals surface area contributed by atoms with Crippen LogP contribution in [0.25, 0.3) is 0 Å². The van der Waals surface area contributed by atoms with Crippen LogP contribution in [0.3, 0.4) is 0 Å². The van der Waals surface area contributed by atoms with Gasteiger partial charge in [0, 0.05) is 40.6 Å². The fraction of sp³-hybridized carbons (Fsp3) is 0.364. The van der Waals surface area contributed by atoms with Crippen molar-refractivity contribution in [2.75, 3.05) is 13.3 Å². The standard InChI is InChI=1S/C22H28N4O7P2/c23-22-19(4-3-11-26(22,15-31-34)33-35(27,28)29)20-13-18(25-32-20)12-16-6-8-17(9-7-16)14-30-21-5-1-2-10-24-21/h1-2,5-10,13,19,22H,3-4,11-12,14-15,23,34H2,(H-,27,28,29)/p+1. The molecule has 4 N–H and O–H groups in total. The van der Waals surface area contributed by atoms with E-state index < -0.39 is 18.6 Å². The van der Waals surface area contributed by atoms with Crippen LogP contribution >= 0.6 is 17.3 Å². The number of nitrogens with two attached hydrogens (primary N) is 1. The molecule has 4 rings (SSSR count). The van der Waals surface area contributed by atoms with Crippen molar-refractivity contribution in [3.05, 3.63) is 77.3 Å². The molecule has 0 aliphatic carbocycles. The molecule has 13 heteroatoms. The van der Waals surface area contributed by atoms with Crippen molar-refractivity contribution in [3.8, 4) is 5.88 Å². The number of rotatable bonds is 10. The predicted octanol–water partition coefficient (Wildman–Crippen LogP) is 3.01. The third-order valence-corrected chi connectivity index (χ3v) is 6.63. The van der Waals surface area contributed by atoms with Crippen LogP contribution < -0.4 is 10.5 Å². The summed E-state index contributed by atoms with van der Waals surface area (Å²) in [5, 5.41) is 4.19. The highest BCUT2D eigenvalue weighted by molar-refractivity contribution is 7.46. The highest BCUT2D eigenvalue weighted by Gasteiger charge is 2.51. The lowest BCUT2D eigenvalue weighted by molar-refractivity contribution is -1.12. The fourth-order valence-electron chi connectivity index (χ4n) is 4.28. The summed E-state index contributed by atoms with van der Waals surface area (Å²) in [5.41, 5.74) is 9.24. The second kappa shape index (κ2) is 11.2. The molecule has 1 aliphatic heterocycles. The molecule has 35 heavy (non-hydrogen) atoms. The van der Waals surface area contributed by atoms with Gasteiger partial charge in [0.05, 0.1) is 11.6 Å². The molecule has 1 aromatic carbocycles. The van der Waals surface area contributed by atoms with Gasteiger partial charge in [0.25, 0.3) is 0 Å². The zero-order valence-electron chi connectivity index (χ0n) is 19.0. The number of quaternary nitrogens is 1. The third kappa shape index (κ3) is 6.73. The minimum Gasteiger partial charge on any atom is -0.473 e. The van der Waals surface area contributed by atoms with E-state index in [-0.39, 0.29) is 12.6 Å². The first-order chi connectivity index (χ1) is 16.8. The summed E-state index contributed by atoms with van der Waals surface area (Å²) in [6.07, 6.45) is 2.72. The normalized spacial score (nSPS) is 22.7. The summed E-state index contributed by atoms with van der Waals surface area (Å²) in [4.78, 5) is 23.0. The minimum atomic E-state index is -4.81. The van der Waals surface area contributed by atoms with Crippen molar-refractivity contribution < 1.29 is 37.4 Å². The van der Waals surface area contributed by atoms with Crippen LogP contribution in [0, 0.1) is 0 Å². The van der Waals surface area contributed by atoms with Crippen LogP contribution in [-0.2, 0) is 26.7 Å². The lowest BCUT2D eigenvalue weighted by atomic mass is 9.91. The van der Waals surface area contributed by atoms with E-state index >= 15 is 0 Å². The molecule has 1 aliphatic rings. The largest absolute Gasteiger partial charge is 0.515 e. The molecule has 188 valence electrons. The number of nitrogens with zero attached hydrogens (tertiary/aromatic N) is 3.